The van der Waals surface area contributed by atoms with E-state index in [0.29, 0.717) is 6.54 Å². The Kier molecular flexibility index (Phi) is 4.50. The molecular formula is C12H24N2O. The van der Waals surface area contributed by atoms with Gasteiger partial charge in [0.2, 0.25) is 5.91 Å². The average molecular weight is 212 g/mol. The highest BCUT2D eigenvalue weighted by atomic mass is 16.2. The summed E-state index contributed by atoms with van der Waals surface area (Å²) in [6.45, 7) is 14.4. The first kappa shape index (κ1) is 14.1. The van der Waals surface area contributed by atoms with E-state index in [9.17, 15) is 4.79 Å². The third-order valence-electron chi connectivity index (χ3n) is 1.83. The number of nitrogens with zero attached hydrogens (tertiary/aromatic N) is 2. The molecule has 0 aliphatic heterocycles. The molecule has 0 aromatic rings. The molecule has 15 heavy (non-hydrogen) atoms. The molecule has 0 aliphatic rings. The third-order valence-corrected chi connectivity index (χ3v) is 1.83. The van der Waals surface area contributed by atoms with Gasteiger partial charge in [0.25, 0.3) is 0 Å². The molecule has 0 saturated carbocycles. The van der Waals surface area contributed by atoms with Gasteiger partial charge >= 0.3 is 0 Å². The first-order chi connectivity index (χ1) is 6.58. The highest BCUT2D eigenvalue weighted by Gasteiger charge is 2.25. The average Bonchev–Trinajstić information content (AvgIpc) is 2.01. The maximum atomic E-state index is 11.9. The van der Waals surface area contributed by atoms with Crippen LogP contribution in [-0.2, 0) is 4.79 Å². The number of hydrogen-bond acceptors (Lipinski definition) is 2. The number of carbonyl (C=O) groups is 1. The van der Waals surface area contributed by atoms with Crippen LogP contribution in [0.3, 0.4) is 0 Å². The number of rotatable bonds is 2. The van der Waals surface area contributed by atoms with Gasteiger partial charge < -0.3 is 4.90 Å². The molecule has 0 aromatic heterocycles. The monoisotopic (exact) mass is 212 g/mol. The van der Waals surface area contributed by atoms with Gasteiger partial charge in [-0.05, 0) is 27.7 Å². The number of hydrogen-bond donors (Lipinski definition) is 0. The molecule has 1 amide bonds. The fraction of sp³-hybridized carbons (Fsp3) is 0.833. The van der Waals surface area contributed by atoms with Crippen molar-refractivity contribution in [2.45, 2.75) is 54.0 Å². The quantitative estimate of drug-likeness (QED) is 0.511. The molecule has 0 fully saturated rings. The van der Waals surface area contributed by atoms with Crippen molar-refractivity contribution in [3.63, 3.8) is 0 Å². The Morgan fingerprint density at radius 3 is 1.93 bits per heavy atom. The zero-order chi connectivity index (χ0) is 12.3. The van der Waals surface area contributed by atoms with E-state index in [1.807, 2.05) is 48.5 Å². The fourth-order valence-corrected chi connectivity index (χ4v) is 0.951. The zero-order valence-electron chi connectivity index (χ0n) is 11.1. The summed E-state index contributed by atoms with van der Waals surface area (Å²) >= 11 is 0. The van der Waals surface area contributed by atoms with E-state index in [0.717, 1.165) is 0 Å². The van der Waals surface area contributed by atoms with Gasteiger partial charge in [0.05, 0.1) is 11.9 Å². The van der Waals surface area contributed by atoms with Crippen molar-refractivity contribution < 1.29 is 4.79 Å². The summed E-state index contributed by atoms with van der Waals surface area (Å²) in [5.41, 5.74) is -0.481. The SMILES string of the molecule is CCN(C=NC(C)(C)C)C(=O)C(C)(C)C. The van der Waals surface area contributed by atoms with E-state index in [4.69, 9.17) is 0 Å². The molecule has 0 atom stereocenters. The van der Waals surface area contributed by atoms with Crippen LogP contribution in [-0.4, -0.2) is 29.2 Å². The van der Waals surface area contributed by atoms with Gasteiger partial charge in [-0.2, -0.15) is 0 Å². The van der Waals surface area contributed by atoms with Crippen molar-refractivity contribution in [1.29, 1.82) is 0 Å². The van der Waals surface area contributed by atoms with Gasteiger partial charge in [0, 0.05) is 12.0 Å². The van der Waals surface area contributed by atoms with Gasteiger partial charge in [-0.25, -0.2) is 0 Å². The van der Waals surface area contributed by atoms with E-state index in [-0.39, 0.29) is 16.9 Å². The lowest BCUT2D eigenvalue weighted by Gasteiger charge is -2.25. The molecule has 0 bridgehead atoms. The Bertz CT molecular complexity index is 243. The second kappa shape index (κ2) is 4.77. The van der Waals surface area contributed by atoms with E-state index < -0.39 is 0 Å². The molecule has 0 saturated heterocycles. The smallest absolute Gasteiger partial charge is 0.233 e. The van der Waals surface area contributed by atoms with Crippen molar-refractivity contribution in [3.8, 4) is 0 Å². The van der Waals surface area contributed by atoms with Crippen molar-refractivity contribution in [3.05, 3.63) is 0 Å². The summed E-state index contributed by atoms with van der Waals surface area (Å²) in [7, 11) is 0. The van der Waals surface area contributed by atoms with Crippen LogP contribution >= 0.6 is 0 Å². The molecule has 0 spiro atoms. The van der Waals surface area contributed by atoms with Gasteiger partial charge in [0.1, 0.15) is 0 Å². The topological polar surface area (TPSA) is 32.7 Å². The van der Waals surface area contributed by atoms with E-state index in [1.54, 1.807) is 11.2 Å². The van der Waals surface area contributed by atoms with Crippen molar-refractivity contribution in [1.82, 2.24) is 4.90 Å². The van der Waals surface area contributed by atoms with Gasteiger partial charge in [-0.3, -0.25) is 9.79 Å². The van der Waals surface area contributed by atoms with Crippen LogP contribution in [0.25, 0.3) is 0 Å². The van der Waals surface area contributed by atoms with Crippen molar-refractivity contribution in [2.75, 3.05) is 6.54 Å². The Morgan fingerprint density at radius 1 is 1.20 bits per heavy atom. The van der Waals surface area contributed by atoms with Crippen LogP contribution in [0.2, 0.25) is 0 Å². The zero-order valence-corrected chi connectivity index (χ0v) is 11.1. The van der Waals surface area contributed by atoms with E-state index in [2.05, 4.69) is 4.99 Å². The second-order valence-electron chi connectivity index (χ2n) is 5.76. The highest BCUT2D eigenvalue weighted by molar-refractivity contribution is 5.91. The Hall–Kier alpha value is -0.860. The van der Waals surface area contributed by atoms with Gasteiger partial charge in [-0.1, -0.05) is 20.8 Å². The second-order valence-corrected chi connectivity index (χ2v) is 5.76. The van der Waals surface area contributed by atoms with E-state index in [1.165, 1.54) is 0 Å². The lowest BCUT2D eigenvalue weighted by Crippen LogP contribution is -2.39. The largest absolute Gasteiger partial charge is 0.303 e. The summed E-state index contributed by atoms with van der Waals surface area (Å²) in [5.74, 6) is 0.109. The number of aliphatic imine (C=N–C) groups is 1. The van der Waals surface area contributed by atoms with Crippen LogP contribution in [0, 0.1) is 5.41 Å². The summed E-state index contributed by atoms with van der Waals surface area (Å²) in [5, 5.41) is 0. The third kappa shape index (κ3) is 5.55. The van der Waals surface area contributed by atoms with E-state index >= 15 is 0 Å². The van der Waals surface area contributed by atoms with Gasteiger partial charge in [0.15, 0.2) is 0 Å². The van der Waals surface area contributed by atoms with Crippen LogP contribution < -0.4 is 0 Å². The lowest BCUT2D eigenvalue weighted by atomic mass is 9.95. The molecule has 0 unspecified atom stereocenters. The number of carbonyl (C=O) groups excluding carboxylic acids is 1. The van der Waals surface area contributed by atoms with Crippen LogP contribution in [0.5, 0.6) is 0 Å². The van der Waals surface area contributed by atoms with Crippen LogP contribution in [0.4, 0.5) is 0 Å². The standard InChI is InChI=1S/C12H24N2O/c1-8-14(9-13-12(5,6)7)10(15)11(2,3)4/h9H,8H2,1-7H3. The number of amides is 1. The molecule has 0 rings (SSSR count). The maximum absolute atomic E-state index is 11.9. The van der Waals surface area contributed by atoms with Crippen LogP contribution in [0.1, 0.15) is 48.5 Å². The van der Waals surface area contributed by atoms with Crippen molar-refractivity contribution >= 4 is 12.2 Å². The minimum absolute atomic E-state index is 0.109. The molecule has 0 aliphatic carbocycles. The Morgan fingerprint density at radius 2 is 1.67 bits per heavy atom. The molecule has 3 heteroatoms. The molecule has 0 N–H and O–H groups in total. The molecule has 3 nitrogen and oxygen atoms in total. The Balaban J connectivity index is 4.67. The first-order valence-electron chi connectivity index (χ1n) is 5.44. The minimum atomic E-state index is -0.347. The molecule has 0 radical (unpaired) electrons. The van der Waals surface area contributed by atoms with Crippen molar-refractivity contribution in [2.24, 2.45) is 10.4 Å². The fourth-order valence-electron chi connectivity index (χ4n) is 0.951. The molecule has 0 aromatic carbocycles. The maximum Gasteiger partial charge on any atom is 0.233 e. The summed E-state index contributed by atoms with van der Waals surface area (Å²) in [6, 6.07) is 0. The lowest BCUT2D eigenvalue weighted by molar-refractivity contribution is -0.134. The van der Waals surface area contributed by atoms with Gasteiger partial charge in [-0.15, -0.1) is 0 Å². The summed E-state index contributed by atoms with van der Waals surface area (Å²) in [4.78, 5) is 18.0. The predicted octanol–water partition coefficient (Wildman–Crippen LogP) is 2.71. The Labute approximate surface area is 93.6 Å². The highest BCUT2D eigenvalue weighted by Crippen LogP contribution is 2.16. The molecule has 88 valence electrons. The molecule has 0 heterocycles. The van der Waals surface area contributed by atoms with Crippen LogP contribution in [0.15, 0.2) is 4.99 Å². The summed E-state index contributed by atoms with van der Waals surface area (Å²) in [6.07, 6.45) is 1.66. The normalized spacial score (nSPS) is 13.3. The first-order valence-corrected chi connectivity index (χ1v) is 5.44. The minimum Gasteiger partial charge on any atom is -0.303 e. The summed E-state index contributed by atoms with van der Waals surface area (Å²) < 4.78 is 0. The predicted molar refractivity (Wildman–Crippen MR) is 65.1 cm³/mol. The molecular weight excluding hydrogens is 188 g/mol.